The van der Waals surface area contributed by atoms with Gasteiger partial charge in [0.05, 0.1) is 72.4 Å². The fraction of sp³-hybridized carbons (Fsp3) is 0.321. The van der Waals surface area contributed by atoms with Gasteiger partial charge >= 0.3 is 24.1 Å². The molecule has 148 heavy (non-hydrogen) atoms. The second-order valence-electron chi connectivity index (χ2n) is 36.7. The Bertz CT molecular complexity index is 7420. The molecule has 22 rings (SSSR count). The number of carbonyl (C=O) groups is 13. The highest BCUT2D eigenvalue weighted by molar-refractivity contribution is 6.13. The van der Waals surface area contributed by atoms with Crippen LogP contribution >= 0.6 is 0 Å². The molecule has 9 aliphatic rings. The number of unbranched alkanes of at least 4 members (excludes halogenated alkanes) is 5. The third kappa shape index (κ3) is 18.3. The van der Waals surface area contributed by atoms with Crippen molar-refractivity contribution in [3.05, 3.63) is 279 Å². The van der Waals surface area contributed by atoms with Crippen LogP contribution < -0.4 is 40.2 Å². The first-order valence-corrected chi connectivity index (χ1v) is 47.8. The van der Waals surface area contributed by atoms with Crippen LogP contribution in [0.15, 0.2) is 200 Å². The minimum atomic E-state index is -1.96. The van der Waals surface area contributed by atoms with Crippen molar-refractivity contribution in [2.24, 2.45) is 0 Å². The predicted molar refractivity (Wildman–Crippen MR) is 519 cm³/mol. The first-order chi connectivity index (χ1) is 71.6. The van der Waals surface area contributed by atoms with E-state index in [1.54, 1.807) is 141 Å². The second-order valence-corrected chi connectivity index (χ2v) is 36.7. The fourth-order valence-corrected chi connectivity index (χ4v) is 19.8. The molecule has 0 unspecified atom stereocenters. The first-order valence-electron chi connectivity index (χ1n) is 47.8. The number of nitrogens with zero attached hydrogens (tertiary/aromatic N) is 11. The number of halogens is 2. The van der Waals surface area contributed by atoms with E-state index in [-0.39, 0.29) is 148 Å². The maximum atomic E-state index is 15.3. The monoisotopic (exact) mass is 2020 g/mol. The van der Waals surface area contributed by atoms with Crippen LogP contribution in [0.4, 0.5) is 28.0 Å². The number of fused-ring (bicyclic) bond motifs is 9. The van der Waals surface area contributed by atoms with Crippen molar-refractivity contribution >= 4 is 121 Å². The molecule has 42 heteroatoms. The summed E-state index contributed by atoms with van der Waals surface area (Å²) in [6.45, 7) is 3.97. The molecule has 4 atom stereocenters. The average Bonchev–Trinajstić information content (AvgIpc) is 1.58. The number of hydrogen-bond donors (Lipinski definition) is 4. The number of furan rings is 4. The van der Waals surface area contributed by atoms with Gasteiger partial charge in [-0.25, -0.2) is 47.6 Å². The van der Waals surface area contributed by atoms with Crippen LogP contribution in [0.1, 0.15) is 167 Å². The number of imide groups is 4. The molecule has 16 amide bonds. The molecule has 40 nitrogen and oxygen atoms in total. The highest BCUT2D eigenvalue weighted by Gasteiger charge is 2.62. The van der Waals surface area contributed by atoms with E-state index < -0.39 is 94.0 Å². The number of aryl methyl sites for hydroxylation is 1. The van der Waals surface area contributed by atoms with E-state index in [0.717, 1.165) is 61.1 Å². The van der Waals surface area contributed by atoms with E-state index in [0.29, 0.717) is 110 Å². The van der Waals surface area contributed by atoms with Crippen molar-refractivity contribution in [3.8, 4) is 23.0 Å². The molecule has 4 N–H and O–H groups in total. The lowest BCUT2D eigenvalue weighted by molar-refractivity contribution is -0.137. The van der Waals surface area contributed by atoms with Crippen LogP contribution in [0, 0.1) is 11.6 Å². The maximum Gasteiger partial charge on any atom is 0.327 e. The summed E-state index contributed by atoms with van der Waals surface area (Å²) in [5.74, 6) is -3.81. The summed E-state index contributed by atoms with van der Waals surface area (Å²) in [5, 5.41) is 13.4. The lowest BCUT2D eigenvalue weighted by Gasteiger charge is -2.29. The van der Waals surface area contributed by atoms with E-state index in [9.17, 15) is 66.7 Å². The molecule has 1 aliphatic carbocycles. The van der Waals surface area contributed by atoms with Crippen LogP contribution in [0.25, 0.3) is 43.9 Å². The van der Waals surface area contributed by atoms with Gasteiger partial charge < -0.3 is 96.4 Å². The molecule has 764 valence electrons. The Labute approximate surface area is 842 Å². The summed E-state index contributed by atoms with van der Waals surface area (Å²) < 4.78 is 96.7. The van der Waals surface area contributed by atoms with Gasteiger partial charge in [-0.3, -0.25) is 58.1 Å². The number of ether oxygens (including phenoxy) is 8. The van der Waals surface area contributed by atoms with Gasteiger partial charge in [-0.15, -0.1) is 0 Å². The van der Waals surface area contributed by atoms with Gasteiger partial charge in [-0.05, 0) is 144 Å². The maximum absolute atomic E-state index is 15.3. The van der Waals surface area contributed by atoms with E-state index in [1.807, 2.05) is 48.5 Å². The van der Waals surface area contributed by atoms with Crippen molar-refractivity contribution in [2.75, 3.05) is 102 Å². The normalized spacial score (nSPS) is 19.5. The number of aromatic nitrogens is 3. The molecular formula is C106H101F2N15O25. The number of hydrogen-bond acceptors (Lipinski definition) is 28. The molecule has 0 spiro atoms. The van der Waals surface area contributed by atoms with Crippen molar-refractivity contribution in [2.45, 2.75) is 120 Å². The smallest absolute Gasteiger partial charge is 0.327 e. The van der Waals surface area contributed by atoms with E-state index in [1.165, 1.54) is 74.5 Å². The van der Waals surface area contributed by atoms with Gasteiger partial charge in [0.25, 0.3) is 47.3 Å². The zero-order chi connectivity index (χ0) is 104. The van der Waals surface area contributed by atoms with Gasteiger partial charge in [-0.2, -0.15) is 0 Å². The van der Waals surface area contributed by atoms with Crippen LogP contribution in [-0.4, -0.2) is 233 Å². The van der Waals surface area contributed by atoms with Gasteiger partial charge in [-0.1, -0.05) is 93.6 Å². The fourth-order valence-electron chi connectivity index (χ4n) is 19.8. The SMILES string of the molecule is CCCCCCCCOCN1C(=O)N[C@@](CN2Cc3ccc(OC)cc3C2=O)(c2cc3cnccc3o2)C1=O.CCOCN1C(=O)N[C@@](CN2Cc3ccc(OC)cc3C2=O)(c2cc3cnccc3o2)C1=O.COCN1C(=O)N[C@@](CN2Cc3ccc(OC)c(F)c3C2=O)(c2cc3cc4c(c(F)c3o2)C(=O)CC4)C1=O.COc1ccc2c(c1)C(=O)N(C[C@@]1(c3cc4cnccc4o3)NC(=O)N(COCc3ccccc3)C1=O)C2. The standard InChI is InChI=1S/C29H34N4O6.C28H24N4O6.C26H21F2N3O7.C23H22N4O6/c1-3-4-5-6-7-8-13-38-19-33-27(35)29(31-28(33)36,25-14-21-16-30-12-11-24(21)39-25)18-32-17-20-9-10-22(37-2)15-23(20)26(32)34;1-36-21-8-7-19-14-31(25(33)22(19)12-21)16-28(24-11-20-13-29-10-9-23(20)38-24)26(34)32(27(35)30-28)17-37-15-18-5-3-2-4-6-18;1-36-11-31-24(34)26(29-25(31)35,10-30-9-13-4-6-16(37-2)20(27)19(13)23(30)33)17-8-14-7-12-3-5-15(32)18(12)21(28)22(14)38-17;1-3-32-13-27-21(29)23(25-22(27)30,19-8-15-10-24-7-6-18(15)33-19)12-26-11-14-4-5-16(31-2)9-17(14)20(26)28/h9-12,14-16H,3-8,13,17-19H2,1-2H3,(H,31,36);2-13H,14-17H2,1H3,(H,30,35);4,6-8H,3,5,9-11H2,1-2H3,(H,29,35);4-10H,3,11-13H2,1-2H3,(H,25,30)/t29-;28-;26-;23-/m0000/s1. The van der Waals surface area contributed by atoms with Crippen LogP contribution in [0.5, 0.6) is 23.0 Å². The summed E-state index contributed by atoms with van der Waals surface area (Å²) in [6.07, 6.45) is 16.8. The van der Waals surface area contributed by atoms with Gasteiger partial charge in [0.2, 0.25) is 0 Å². The van der Waals surface area contributed by atoms with Crippen molar-refractivity contribution < 1.29 is 127 Å². The molecular weight excluding hydrogens is 1920 g/mol. The number of pyridine rings is 3. The molecule has 4 fully saturated rings. The Kier molecular flexibility index (Phi) is 27.9. The van der Waals surface area contributed by atoms with E-state index in [2.05, 4.69) is 43.1 Å². The number of urea groups is 4. The number of methoxy groups -OCH3 is 5. The molecule has 8 aliphatic heterocycles. The minimum absolute atomic E-state index is 0.0511. The largest absolute Gasteiger partial charge is 0.497 e. The molecule has 7 aromatic heterocycles. The Balaban J connectivity index is 0.000000124. The number of carbonyl (C=O) groups excluding carboxylic acids is 13. The number of nitrogens with one attached hydrogen (secondary N) is 4. The summed E-state index contributed by atoms with van der Waals surface area (Å²) in [6, 6.07) is 38.7. The van der Waals surface area contributed by atoms with Gasteiger partial charge in [0.1, 0.15) is 84.0 Å². The molecule has 6 aromatic carbocycles. The highest BCUT2D eigenvalue weighted by Crippen LogP contribution is 2.46. The van der Waals surface area contributed by atoms with Crippen molar-refractivity contribution in [1.82, 2.24) is 75.4 Å². The zero-order valence-corrected chi connectivity index (χ0v) is 81.5. The van der Waals surface area contributed by atoms with E-state index in [4.69, 9.17) is 55.6 Å². The van der Waals surface area contributed by atoms with Crippen LogP contribution in [0.2, 0.25) is 0 Å². The third-order valence-electron chi connectivity index (χ3n) is 27.5. The van der Waals surface area contributed by atoms with Crippen molar-refractivity contribution in [3.63, 3.8) is 0 Å². The minimum Gasteiger partial charge on any atom is -0.497 e. The zero-order valence-electron chi connectivity index (χ0n) is 81.5. The molecule has 0 saturated carbocycles. The van der Waals surface area contributed by atoms with Crippen LogP contribution in [0.3, 0.4) is 0 Å². The molecule has 15 heterocycles. The summed E-state index contributed by atoms with van der Waals surface area (Å²) in [4.78, 5) is 195. The summed E-state index contributed by atoms with van der Waals surface area (Å²) in [5.41, 5.74) is -0.00588. The Hall–Kier alpha value is -16.9. The summed E-state index contributed by atoms with van der Waals surface area (Å²) in [7, 11) is 7.18. The number of rotatable bonds is 34. The molecule has 13 aromatic rings. The predicted octanol–water partition coefficient (Wildman–Crippen LogP) is 13.1. The molecule has 4 saturated heterocycles. The molecule has 0 bridgehead atoms. The topological polar surface area (TPSA) is 461 Å². The highest BCUT2D eigenvalue weighted by atomic mass is 19.1. The Morgan fingerprint density at radius 1 is 0.372 bits per heavy atom. The Morgan fingerprint density at radius 3 is 1.20 bits per heavy atom. The lowest BCUT2D eigenvalue weighted by Crippen LogP contribution is -2.52. The average molecular weight is 2020 g/mol. The Morgan fingerprint density at radius 2 is 0.770 bits per heavy atom. The van der Waals surface area contributed by atoms with Gasteiger partial charge in [0.15, 0.2) is 50.9 Å². The number of ketones is 1. The number of Topliss-reactive ketones (excluding diaryl/α,β-unsaturated/α-hetero) is 1. The lowest BCUT2D eigenvalue weighted by atomic mass is 9.94. The summed E-state index contributed by atoms with van der Waals surface area (Å²) >= 11 is 0. The number of amides is 16. The molecule has 0 radical (unpaired) electrons. The third-order valence-corrected chi connectivity index (χ3v) is 27.5. The number of benzene rings is 6. The quantitative estimate of drug-likeness (QED) is 0.0215. The first kappa shape index (κ1) is 99.9. The van der Waals surface area contributed by atoms with E-state index >= 15 is 4.39 Å². The van der Waals surface area contributed by atoms with Crippen molar-refractivity contribution in [1.29, 1.82) is 0 Å². The van der Waals surface area contributed by atoms with Gasteiger partial charge in [0, 0.05) is 128 Å². The van der Waals surface area contributed by atoms with Crippen LogP contribution in [-0.2, 0) is 99.5 Å². The second kappa shape index (κ2) is 41.3.